The Balaban J connectivity index is 1.57. The van der Waals surface area contributed by atoms with Crippen molar-refractivity contribution in [1.82, 2.24) is 0 Å². The minimum absolute atomic E-state index is 0.169. The number of Topliss-reactive ketones (excluding diaryl/α,β-unsaturated/α-hetero) is 1. The first-order valence-corrected chi connectivity index (χ1v) is 13.3. The molecule has 0 bridgehead atoms. The van der Waals surface area contributed by atoms with E-state index < -0.39 is 22.8 Å². The van der Waals surface area contributed by atoms with Crippen molar-refractivity contribution in [2.45, 2.75) is 92.1 Å². The first-order valence-electron chi connectivity index (χ1n) is 13.3. The summed E-state index contributed by atoms with van der Waals surface area (Å²) in [6, 6.07) is 0. The molecule has 0 aromatic rings. The molecule has 3 saturated carbocycles. The van der Waals surface area contributed by atoms with Gasteiger partial charge in [-0.15, -0.1) is 0 Å². The third-order valence-electron chi connectivity index (χ3n) is 10.1. The van der Waals surface area contributed by atoms with Crippen LogP contribution in [0.4, 0.5) is 0 Å². The summed E-state index contributed by atoms with van der Waals surface area (Å²) in [7, 11) is 0. The second kappa shape index (κ2) is 8.66. The summed E-state index contributed by atoms with van der Waals surface area (Å²) in [6.45, 7) is 13.5. The third-order valence-corrected chi connectivity index (χ3v) is 10.1. The predicted octanol–water partition coefficient (Wildman–Crippen LogP) is 5.89. The van der Waals surface area contributed by atoms with Crippen LogP contribution in [0.5, 0.6) is 0 Å². The average molecular weight is 457 g/mol. The normalized spacial score (nSPS) is 43.3. The van der Waals surface area contributed by atoms with Crippen molar-refractivity contribution >= 4 is 11.8 Å². The first kappa shape index (κ1) is 24.7. The average Bonchev–Trinajstić information content (AvgIpc) is 3.20. The van der Waals surface area contributed by atoms with E-state index in [-0.39, 0.29) is 13.0 Å². The number of carbonyl (C=O) groups excluding carboxylic acids is 2. The van der Waals surface area contributed by atoms with Crippen molar-refractivity contribution in [2.24, 2.45) is 46.3 Å². The van der Waals surface area contributed by atoms with Crippen LogP contribution in [-0.2, 0) is 14.3 Å². The molecule has 0 radical (unpaired) electrons. The van der Waals surface area contributed by atoms with Gasteiger partial charge in [-0.3, -0.25) is 4.79 Å². The Morgan fingerprint density at radius 2 is 1.94 bits per heavy atom. The Bertz CT molecular complexity index is 856. The molecule has 5 unspecified atom stereocenters. The van der Waals surface area contributed by atoms with E-state index in [1.807, 2.05) is 0 Å². The SMILES string of the molecule is CCOC(=O)[C@]1(O)C[C@@]2(C)C(=CCC3C4CCC(C(C)/C=C/CC(C)C)[C@@]4(C)CCC32)C1=O. The summed E-state index contributed by atoms with van der Waals surface area (Å²) in [5.74, 6) is 2.30. The minimum atomic E-state index is -2.01. The fraction of sp³-hybridized carbons (Fsp3) is 0.793. The topological polar surface area (TPSA) is 63.6 Å². The Kier molecular flexibility index (Phi) is 6.48. The van der Waals surface area contributed by atoms with Crippen molar-refractivity contribution in [3.05, 3.63) is 23.8 Å². The summed E-state index contributed by atoms with van der Waals surface area (Å²) in [6.07, 6.45) is 13.9. The van der Waals surface area contributed by atoms with Crippen LogP contribution < -0.4 is 0 Å². The smallest absolute Gasteiger partial charge is 0.346 e. The monoisotopic (exact) mass is 456 g/mol. The van der Waals surface area contributed by atoms with Crippen LogP contribution in [0, 0.1) is 46.3 Å². The van der Waals surface area contributed by atoms with E-state index in [1.54, 1.807) is 6.92 Å². The number of fused-ring (bicyclic) bond motifs is 5. The molecule has 4 aliphatic carbocycles. The van der Waals surface area contributed by atoms with E-state index in [0.29, 0.717) is 46.5 Å². The summed E-state index contributed by atoms with van der Waals surface area (Å²) in [4.78, 5) is 25.8. The van der Waals surface area contributed by atoms with Gasteiger partial charge in [0, 0.05) is 17.4 Å². The molecule has 0 aromatic carbocycles. The number of allylic oxidation sites excluding steroid dienone is 3. The maximum atomic E-state index is 13.2. The maximum Gasteiger partial charge on any atom is 0.346 e. The van der Waals surface area contributed by atoms with Gasteiger partial charge in [0.05, 0.1) is 6.61 Å². The molecule has 4 nitrogen and oxygen atoms in total. The van der Waals surface area contributed by atoms with E-state index in [1.165, 1.54) is 19.3 Å². The molecule has 4 heteroatoms. The van der Waals surface area contributed by atoms with Gasteiger partial charge in [-0.2, -0.15) is 0 Å². The van der Waals surface area contributed by atoms with Crippen LogP contribution >= 0.6 is 0 Å². The van der Waals surface area contributed by atoms with Crippen molar-refractivity contribution in [2.75, 3.05) is 6.61 Å². The van der Waals surface area contributed by atoms with Gasteiger partial charge in [0.15, 0.2) is 0 Å². The lowest BCUT2D eigenvalue weighted by atomic mass is 9.49. The summed E-state index contributed by atoms with van der Waals surface area (Å²) < 4.78 is 5.12. The number of hydrogen-bond donors (Lipinski definition) is 1. The highest BCUT2D eigenvalue weighted by Gasteiger charge is 2.67. The lowest BCUT2D eigenvalue weighted by molar-refractivity contribution is -0.169. The zero-order chi connectivity index (χ0) is 24.2. The number of hydrogen-bond acceptors (Lipinski definition) is 4. The molecule has 0 amide bonds. The second-order valence-corrected chi connectivity index (χ2v) is 12.4. The maximum absolute atomic E-state index is 13.2. The van der Waals surface area contributed by atoms with Gasteiger partial charge < -0.3 is 9.84 Å². The molecule has 4 aliphatic rings. The van der Waals surface area contributed by atoms with Crippen LogP contribution in [0.25, 0.3) is 0 Å². The van der Waals surface area contributed by atoms with E-state index >= 15 is 0 Å². The minimum Gasteiger partial charge on any atom is -0.464 e. The number of aliphatic hydroxyl groups is 1. The summed E-state index contributed by atoms with van der Waals surface area (Å²) in [5, 5.41) is 11.1. The molecule has 33 heavy (non-hydrogen) atoms. The van der Waals surface area contributed by atoms with Crippen molar-refractivity contribution in [3.63, 3.8) is 0 Å². The van der Waals surface area contributed by atoms with Crippen molar-refractivity contribution in [3.8, 4) is 0 Å². The Hall–Kier alpha value is -1.42. The highest BCUT2D eigenvalue weighted by molar-refractivity contribution is 6.18. The van der Waals surface area contributed by atoms with Crippen LogP contribution in [0.2, 0.25) is 0 Å². The number of ketones is 1. The fourth-order valence-corrected chi connectivity index (χ4v) is 8.53. The molecule has 0 heterocycles. The van der Waals surface area contributed by atoms with E-state index in [9.17, 15) is 14.7 Å². The quantitative estimate of drug-likeness (QED) is 0.308. The van der Waals surface area contributed by atoms with Gasteiger partial charge in [0.1, 0.15) is 0 Å². The van der Waals surface area contributed by atoms with Gasteiger partial charge in [0.2, 0.25) is 11.4 Å². The molecular formula is C29H44O4. The molecule has 4 rings (SSSR count). The van der Waals surface area contributed by atoms with Crippen LogP contribution in [0.15, 0.2) is 23.8 Å². The van der Waals surface area contributed by atoms with Gasteiger partial charge in [0.25, 0.3) is 0 Å². The van der Waals surface area contributed by atoms with E-state index in [2.05, 4.69) is 52.8 Å². The second-order valence-electron chi connectivity index (χ2n) is 12.4. The Labute approximate surface area is 200 Å². The first-order chi connectivity index (χ1) is 15.5. The molecular weight excluding hydrogens is 412 g/mol. The Morgan fingerprint density at radius 1 is 1.21 bits per heavy atom. The van der Waals surface area contributed by atoms with Crippen molar-refractivity contribution < 1.29 is 19.4 Å². The number of esters is 1. The molecule has 8 atom stereocenters. The van der Waals surface area contributed by atoms with Crippen molar-refractivity contribution in [1.29, 1.82) is 0 Å². The van der Waals surface area contributed by atoms with Crippen LogP contribution in [-0.4, -0.2) is 29.1 Å². The van der Waals surface area contributed by atoms with Gasteiger partial charge in [-0.25, -0.2) is 4.79 Å². The largest absolute Gasteiger partial charge is 0.464 e. The van der Waals surface area contributed by atoms with Crippen LogP contribution in [0.1, 0.15) is 86.5 Å². The molecule has 3 fully saturated rings. The van der Waals surface area contributed by atoms with Gasteiger partial charge >= 0.3 is 5.97 Å². The molecule has 0 spiro atoms. The lowest BCUT2D eigenvalue weighted by Crippen LogP contribution is -2.49. The third kappa shape index (κ3) is 3.75. The zero-order valence-corrected chi connectivity index (χ0v) is 21.5. The fourth-order valence-electron chi connectivity index (χ4n) is 8.53. The molecule has 0 aliphatic heterocycles. The van der Waals surface area contributed by atoms with E-state index in [4.69, 9.17) is 4.74 Å². The standard InChI is InChI=1S/C29H44O4/c1-7-33-26(31)29(32)17-28(6)23-15-16-27(5)21(19(4)10-8-9-18(2)3)13-14-22(27)20(23)11-12-24(28)25(29)30/h8,10,12,18-23,32H,7,9,11,13-17H2,1-6H3/b10-8+/t19?,20?,21?,22?,23?,27-,28-,29+/m1/s1. The van der Waals surface area contributed by atoms with E-state index in [0.717, 1.165) is 19.3 Å². The van der Waals surface area contributed by atoms with Crippen LogP contribution in [0.3, 0.4) is 0 Å². The highest BCUT2D eigenvalue weighted by Crippen LogP contribution is 2.68. The number of rotatable bonds is 6. The molecule has 0 aromatic heterocycles. The predicted molar refractivity (Wildman–Crippen MR) is 130 cm³/mol. The molecule has 0 saturated heterocycles. The number of carbonyl (C=O) groups is 2. The van der Waals surface area contributed by atoms with Gasteiger partial charge in [-0.05, 0) is 86.4 Å². The number of ether oxygens (including phenoxy) is 1. The Morgan fingerprint density at radius 3 is 2.61 bits per heavy atom. The summed E-state index contributed by atoms with van der Waals surface area (Å²) in [5.41, 5.74) is -1.45. The molecule has 184 valence electrons. The summed E-state index contributed by atoms with van der Waals surface area (Å²) >= 11 is 0. The van der Waals surface area contributed by atoms with Gasteiger partial charge in [-0.1, -0.05) is 52.8 Å². The molecule has 1 N–H and O–H groups in total. The zero-order valence-electron chi connectivity index (χ0n) is 21.5. The lowest BCUT2D eigenvalue weighted by Gasteiger charge is -2.55. The highest BCUT2D eigenvalue weighted by atomic mass is 16.5.